The van der Waals surface area contributed by atoms with Crippen molar-refractivity contribution < 1.29 is 9.53 Å². The summed E-state index contributed by atoms with van der Waals surface area (Å²) in [4.78, 5) is 21.4. The number of hydrogen-bond donors (Lipinski definition) is 2. The fourth-order valence-electron chi connectivity index (χ4n) is 3.72. The minimum atomic E-state index is 0.0159. The molecule has 1 aromatic heterocycles. The summed E-state index contributed by atoms with van der Waals surface area (Å²) < 4.78 is 5.31. The first-order valence-corrected chi connectivity index (χ1v) is 10.3. The number of rotatable bonds is 5. The highest BCUT2D eigenvalue weighted by molar-refractivity contribution is 5.91. The molecule has 1 amide bonds. The van der Waals surface area contributed by atoms with Crippen molar-refractivity contribution in [3.63, 3.8) is 0 Å². The Balaban J connectivity index is 1.31. The number of anilines is 4. The van der Waals surface area contributed by atoms with Crippen LogP contribution < -0.4 is 15.5 Å². The minimum Gasteiger partial charge on any atom is -0.381 e. The quantitative estimate of drug-likeness (QED) is 0.811. The van der Waals surface area contributed by atoms with E-state index in [9.17, 15) is 4.79 Å². The molecule has 0 bridgehead atoms. The zero-order valence-corrected chi connectivity index (χ0v) is 16.9. The first kappa shape index (κ1) is 19.7. The van der Waals surface area contributed by atoms with Crippen molar-refractivity contribution in [3.8, 4) is 0 Å². The molecule has 3 heterocycles. The van der Waals surface area contributed by atoms with Crippen LogP contribution in [0.5, 0.6) is 0 Å². The number of hydrogen-bond acceptors (Lipinski definition) is 6. The topological polar surface area (TPSA) is 69.7 Å². The van der Waals surface area contributed by atoms with E-state index in [0.29, 0.717) is 19.0 Å². The van der Waals surface area contributed by atoms with E-state index in [4.69, 9.17) is 4.74 Å². The predicted octanol–water partition coefficient (Wildman–Crippen LogP) is 2.94. The molecule has 7 nitrogen and oxygen atoms in total. The average molecular weight is 396 g/mol. The highest BCUT2D eigenvalue weighted by Gasteiger charge is 2.21. The van der Waals surface area contributed by atoms with E-state index in [1.807, 2.05) is 12.1 Å². The summed E-state index contributed by atoms with van der Waals surface area (Å²) in [5.41, 5.74) is 3.16. The predicted molar refractivity (Wildman–Crippen MR) is 116 cm³/mol. The van der Waals surface area contributed by atoms with E-state index in [0.717, 1.165) is 50.4 Å². The Morgan fingerprint density at radius 1 is 1.00 bits per heavy atom. The molecular formula is C22H29N5O2. The van der Waals surface area contributed by atoms with Gasteiger partial charge in [0.15, 0.2) is 0 Å². The molecule has 2 saturated heterocycles. The second kappa shape index (κ2) is 9.24. The molecule has 2 aliphatic heterocycles. The van der Waals surface area contributed by atoms with E-state index in [2.05, 4.69) is 56.7 Å². The number of amides is 1. The van der Waals surface area contributed by atoms with E-state index < -0.39 is 0 Å². The molecule has 0 aliphatic carbocycles. The van der Waals surface area contributed by atoms with Gasteiger partial charge in [0.25, 0.3) is 0 Å². The van der Waals surface area contributed by atoms with Crippen LogP contribution in [0.2, 0.25) is 0 Å². The van der Waals surface area contributed by atoms with Crippen LogP contribution in [0, 0.1) is 5.92 Å². The smallest absolute Gasteiger partial charge is 0.228 e. The molecule has 0 spiro atoms. The maximum Gasteiger partial charge on any atom is 0.228 e. The molecule has 0 saturated carbocycles. The van der Waals surface area contributed by atoms with Gasteiger partial charge in [0.2, 0.25) is 5.91 Å². The molecule has 29 heavy (non-hydrogen) atoms. The Bertz CT molecular complexity index is 795. The molecule has 0 unspecified atom stereocenters. The summed E-state index contributed by atoms with van der Waals surface area (Å²) in [5.74, 6) is 0.626. The van der Waals surface area contributed by atoms with Crippen molar-refractivity contribution in [1.29, 1.82) is 0 Å². The summed E-state index contributed by atoms with van der Waals surface area (Å²) >= 11 is 0. The van der Waals surface area contributed by atoms with Crippen LogP contribution in [0.25, 0.3) is 0 Å². The van der Waals surface area contributed by atoms with E-state index >= 15 is 0 Å². The number of nitrogens with one attached hydrogen (secondary N) is 2. The monoisotopic (exact) mass is 395 g/mol. The molecule has 0 atom stereocenters. The first-order chi connectivity index (χ1) is 14.2. The number of carbonyl (C=O) groups is 1. The van der Waals surface area contributed by atoms with Crippen molar-refractivity contribution in [2.45, 2.75) is 12.8 Å². The number of pyridine rings is 1. The summed E-state index contributed by atoms with van der Waals surface area (Å²) in [6, 6.07) is 12.3. The summed E-state index contributed by atoms with van der Waals surface area (Å²) in [6.45, 7) is 5.64. The van der Waals surface area contributed by atoms with Gasteiger partial charge in [0.05, 0.1) is 11.9 Å². The van der Waals surface area contributed by atoms with E-state index in [1.165, 1.54) is 5.69 Å². The fourth-order valence-corrected chi connectivity index (χ4v) is 3.72. The second-order valence-electron chi connectivity index (χ2n) is 7.77. The van der Waals surface area contributed by atoms with Gasteiger partial charge in [-0.15, -0.1) is 0 Å². The van der Waals surface area contributed by atoms with Gasteiger partial charge in [-0.1, -0.05) is 0 Å². The fraction of sp³-hybridized carbons (Fsp3) is 0.455. The summed E-state index contributed by atoms with van der Waals surface area (Å²) in [6.07, 6.45) is 3.29. The van der Waals surface area contributed by atoms with Crippen molar-refractivity contribution in [3.05, 3.63) is 42.6 Å². The maximum absolute atomic E-state index is 12.3. The van der Waals surface area contributed by atoms with Gasteiger partial charge in [-0.3, -0.25) is 4.79 Å². The summed E-state index contributed by atoms with van der Waals surface area (Å²) in [5, 5.41) is 6.27. The zero-order chi connectivity index (χ0) is 20.1. The Morgan fingerprint density at radius 3 is 2.34 bits per heavy atom. The molecule has 7 heteroatoms. The van der Waals surface area contributed by atoms with Crippen LogP contribution in [0.1, 0.15) is 12.8 Å². The van der Waals surface area contributed by atoms with Gasteiger partial charge in [-0.05, 0) is 56.3 Å². The number of likely N-dealkylation sites (N-methyl/N-ethyl adjacent to an activating group) is 1. The van der Waals surface area contributed by atoms with Crippen LogP contribution in [-0.4, -0.2) is 62.2 Å². The lowest BCUT2D eigenvalue weighted by molar-refractivity contribution is -0.122. The van der Waals surface area contributed by atoms with Crippen molar-refractivity contribution in [1.82, 2.24) is 9.88 Å². The zero-order valence-electron chi connectivity index (χ0n) is 16.9. The first-order valence-electron chi connectivity index (χ1n) is 10.3. The van der Waals surface area contributed by atoms with Crippen molar-refractivity contribution in [2.24, 2.45) is 5.92 Å². The molecule has 154 valence electrons. The Labute approximate surface area is 172 Å². The van der Waals surface area contributed by atoms with Gasteiger partial charge < -0.3 is 25.2 Å². The highest BCUT2D eigenvalue weighted by atomic mass is 16.5. The molecule has 2 aliphatic rings. The lowest BCUT2D eigenvalue weighted by Gasteiger charge is -2.34. The van der Waals surface area contributed by atoms with Crippen LogP contribution in [0.15, 0.2) is 42.6 Å². The van der Waals surface area contributed by atoms with Gasteiger partial charge in [-0.2, -0.15) is 0 Å². The van der Waals surface area contributed by atoms with Crippen molar-refractivity contribution >= 4 is 28.8 Å². The second-order valence-corrected chi connectivity index (χ2v) is 7.77. The molecule has 0 radical (unpaired) electrons. The standard InChI is InChI=1S/C22H29N5O2/c1-26-10-12-27(13-11-26)20-5-2-18(3-6-20)24-19-4-7-21(23-16-19)25-22(28)17-8-14-29-15-9-17/h2-7,16-17,24H,8-15H2,1H3,(H,23,25,28). The summed E-state index contributed by atoms with van der Waals surface area (Å²) in [7, 11) is 2.17. The number of benzene rings is 1. The third kappa shape index (κ3) is 5.25. The Morgan fingerprint density at radius 2 is 1.69 bits per heavy atom. The highest BCUT2D eigenvalue weighted by Crippen LogP contribution is 2.23. The van der Waals surface area contributed by atoms with Crippen LogP contribution in [0.4, 0.5) is 22.9 Å². The Kier molecular flexibility index (Phi) is 6.27. The molecule has 2 N–H and O–H groups in total. The molecular weight excluding hydrogens is 366 g/mol. The van der Waals surface area contributed by atoms with E-state index in [-0.39, 0.29) is 11.8 Å². The third-order valence-corrected chi connectivity index (χ3v) is 5.63. The molecule has 2 aromatic rings. The number of ether oxygens (including phenoxy) is 1. The van der Waals surface area contributed by atoms with E-state index in [1.54, 1.807) is 6.20 Å². The third-order valence-electron chi connectivity index (χ3n) is 5.63. The lowest BCUT2D eigenvalue weighted by Crippen LogP contribution is -2.44. The van der Waals surface area contributed by atoms with Crippen LogP contribution in [0.3, 0.4) is 0 Å². The van der Waals surface area contributed by atoms with Crippen molar-refractivity contribution in [2.75, 3.05) is 62.0 Å². The lowest BCUT2D eigenvalue weighted by atomic mass is 9.99. The number of piperazine rings is 1. The Hall–Kier alpha value is -2.64. The van der Waals surface area contributed by atoms with Crippen LogP contribution >= 0.6 is 0 Å². The number of nitrogens with zero attached hydrogens (tertiary/aromatic N) is 3. The molecule has 1 aromatic carbocycles. The van der Waals surface area contributed by atoms with Gasteiger partial charge in [0.1, 0.15) is 5.82 Å². The van der Waals surface area contributed by atoms with Gasteiger partial charge >= 0.3 is 0 Å². The largest absolute Gasteiger partial charge is 0.381 e. The minimum absolute atomic E-state index is 0.0159. The van der Waals surface area contributed by atoms with Gasteiger partial charge in [0, 0.05) is 56.7 Å². The number of carbonyl (C=O) groups excluding carboxylic acids is 1. The maximum atomic E-state index is 12.3. The van der Waals surface area contributed by atoms with Crippen LogP contribution in [-0.2, 0) is 9.53 Å². The number of aromatic nitrogens is 1. The molecule has 4 rings (SSSR count). The van der Waals surface area contributed by atoms with Gasteiger partial charge in [-0.25, -0.2) is 4.98 Å². The molecule has 2 fully saturated rings. The SMILES string of the molecule is CN1CCN(c2ccc(Nc3ccc(NC(=O)C4CCOCC4)nc3)cc2)CC1. The average Bonchev–Trinajstić information content (AvgIpc) is 2.77. The normalized spacial score (nSPS) is 18.4.